The molecule has 0 aliphatic carbocycles. The number of nitrogens with two attached hydrogens (primary N) is 1. The zero-order valence-electron chi connectivity index (χ0n) is 10.5. The molecule has 0 atom stereocenters. The highest BCUT2D eigenvalue weighted by atomic mass is 15.0. The van der Waals surface area contributed by atoms with Crippen molar-refractivity contribution in [1.29, 1.82) is 0 Å². The molecule has 1 heterocycles. The Labute approximate surface area is 97.7 Å². The third-order valence-electron chi connectivity index (χ3n) is 2.29. The summed E-state index contributed by atoms with van der Waals surface area (Å²) >= 11 is 0. The van der Waals surface area contributed by atoms with Crippen molar-refractivity contribution >= 4 is 11.6 Å². The molecule has 0 fully saturated rings. The zero-order valence-corrected chi connectivity index (χ0v) is 10.5. The Morgan fingerprint density at radius 1 is 1.38 bits per heavy atom. The molecule has 0 radical (unpaired) electrons. The number of nitrogen functional groups attached to an aromatic ring is 1. The van der Waals surface area contributed by atoms with Crippen LogP contribution in [0.2, 0.25) is 0 Å². The first-order valence-corrected chi connectivity index (χ1v) is 5.99. The lowest BCUT2D eigenvalue weighted by molar-refractivity contribution is 0.606. The van der Waals surface area contributed by atoms with Gasteiger partial charge in [-0.2, -0.15) is 0 Å². The van der Waals surface area contributed by atoms with Gasteiger partial charge in [0.1, 0.15) is 17.5 Å². The summed E-state index contributed by atoms with van der Waals surface area (Å²) in [5.74, 6) is 2.92. The molecule has 0 amide bonds. The number of aryl methyl sites for hydroxylation is 1. The molecule has 90 valence electrons. The highest BCUT2D eigenvalue weighted by Gasteiger charge is 2.02. The molecule has 0 unspecified atom stereocenters. The first-order valence-electron chi connectivity index (χ1n) is 5.99. The SMILES string of the molecule is CCCc1nc(N)cc(NCCC(C)C)n1. The number of aromatic nitrogens is 2. The van der Waals surface area contributed by atoms with E-state index in [4.69, 9.17) is 5.73 Å². The fourth-order valence-corrected chi connectivity index (χ4v) is 1.43. The quantitative estimate of drug-likeness (QED) is 0.776. The smallest absolute Gasteiger partial charge is 0.133 e. The molecule has 4 nitrogen and oxygen atoms in total. The van der Waals surface area contributed by atoms with Gasteiger partial charge in [-0.15, -0.1) is 0 Å². The number of rotatable bonds is 6. The molecule has 1 aromatic rings. The Bertz CT molecular complexity index is 323. The Balaban J connectivity index is 2.58. The molecule has 0 aliphatic rings. The molecule has 1 aromatic heterocycles. The van der Waals surface area contributed by atoms with Gasteiger partial charge in [-0.1, -0.05) is 20.8 Å². The summed E-state index contributed by atoms with van der Waals surface area (Å²) in [6.07, 6.45) is 3.05. The van der Waals surface area contributed by atoms with Gasteiger partial charge in [0, 0.05) is 19.0 Å². The van der Waals surface area contributed by atoms with Crippen molar-refractivity contribution in [3.05, 3.63) is 11.9 Å². The van der Waals surface area contributed by atoms with Gasteiger partial charge in [0.2, 0.25) is 0 Å². The van der Waals surface area contributed by atoms with Gasteiger partial charge in [-0.05, 0) is 18.8 Å². The first-order chi connectivity index (χ1) is 7.61. The lowest BCUT2D eigenvalue weighted by atomic mass is 10.1. The summed E-state index contributed by atoms with van der Waals surface area (Å²) < 4.78 is 0. The van der Waals surface area contributed by atoms with Crippen LogP contribution in [0.3, 0.4) is 0 Å². The van der Waals surface area contributed by atoms with E-state index in [0.717, 1.165) is 37.4 Å². The third kappa shape index (κ3) is 4.47. The van der Waals surface area contributed by atoms with Crippen molar-refractivity contribution in [2.24, 2.45) is 5.92 Å². The van der Waals surface area contributed by atoms with Gasteiger partial charge in [0.15, 0.2) is 0 Å². The normalized spacial score (nSPS) is 10.8. The van der Waals surface area contributed by atoms with Crippen LogP contribution in [-0.2, 0) is 6.42 Å². The fourth-order valence-electron chi connectivity index (χ4n) is 1.43. The van der Waals surface area contributed by atoms with Gasteiger partial charge in [-0.3, -0.25) is 0 Å². The van der Waals surface area contributed by atoms with Crippen molar-refractivity contribution in [2.75, 3.05) is 17.6 Å². The molecule has 3 N–H and O–H groups in total. The van der Waals surface area contributed by atoms with Crippen LogP contribution in [0.25, 0.3) is 0 Å². The molecule has 0 aromatic carbocycles. The van der Waals surface area contributed by atoms with E-state index in [1.54, 1.807) is 6.07 Å². The van der Waals surface area contributed by atoms with Gasteiger partial charge in [0.25, 0.3) is 0 Å². The van der Waals surface area contributed by atoms with Crippen molar-refractivity contribution in [2.45, 2.75) is 40.0 Å². The van der Waals surface area contributed by atoms with E-state index in [2.05, 4.69) is 36.1 Å². The highest BCUT2D eigenvalue weighted by molar-refractivity contribution is 5.44. The van der Waals surface area contributed by atoms with E-state index in [0.29, 0.717) is 11.7 Å². The topological polar surface area (TPSA) is 63.8 Å². The Kier molecular flexibility index (Phi) is 5.02. The van der Waals surface area contributed by atoms with Crippen molar-refractivity contribution < 1.29 is 0 Å². The van der Waals surface area contributed by atoms with Gasteiger partial charge >= 0.3 is 0 Å². The highest BCUT2D eigenvalue weighted by Crippen LogP contribution is 2.10. The maximum absolute atomic E-state index is 5.73. The summed E-state index contributed by atoms with van der Waals surface area (Å²) in [7, 11) is 0. The summed E-state index contributed by atoms with van der Waals surface area (Å²) in [6.45, 7) is 7.45. The van der Waals surface area contributed by atoms with Crippen LogP contribution in [0.4, 0.5) is 11.6 Å². The van der Waals surface area contributed by atoms with Crippen LogP contribution >= 0.6 is 0 Å². The minimum atomic E-state index is 0.547. The van der Waals surface area contributed by atoms with Crippen LogP contribution in [0, 0.1) is 5.92 Å². The summed E-state index contributed by atoms with van der Waals surface area (Å²) in [6, 6.07) is 1.79. The Hall–Kier alpha value is -1.32. The molecule has 0 saturated carbocycles. The van der Waals surface area contributed by atoms with Crippen molar-refractivity contribution in [3.8, 4) is 0 Å². The maximum Gasteiger partial charge on any atom is 0.133 e. The average molecular weight is 222 g/mol. The summed E-state index contributed by atoms with van der Waals surface area (Å²) in [5.41, 5.74) is 5.73. The van der Waals surface area contributed by atoms with Crippen molar-refractivity contribution in [3.63, 3.8) is 0 Å². The van der Waals surface area contributed by atoms with Crippen LogP contribution in [0.15, 0.2) is 6.07 Å². The van der Waals surface area contributed by atoms with E-state index in [1.165, 1.54) is 0 Å². The Morgan fingerprint density at radius 2 is 2.12 bits per heavy atom. The minimum absolute atomic E-state index is 0.547. The number of hydrogen-bond acceptors (Lipinski definition) is 4. The molecular formula is C12H22N4. The van der Waals surface area contributed by atoms with E-state index in [9.17, 15) is 0 Å². The Morgan fingerprint density at radius 3 is 2.75 bits per heavy atom. The standard InChI is InChI=1S/C12H22N4/c1-4-5-11-15-10(13)8-12(16-11)14-7-6-9(2)3/h8-9H,4-7H2,1-3H3,(H3,13,14,15,16). The van der Waals surface area contributed by atoms with Crippen molar-refractivity contribution in [1.82, 2.24) is 9.97 Å². The maximum atomic E-state index is 5.73. The van der Waals surface area contributed by atoms with Crippen LogP contribution in [0.1, 0.15) is 39.4 Å². The van der Waals surface area contributed by atoms with Gasteiger partial charge < -0.3 is 11.1 Å². The fraction of sp³-hybridized carbons (Fsp3) is 0.667. The van der Waals surface area contributed by atoms with Crippen LogP contribution in [-0.4, -0.2) is 16.5 Å². The first kappa shape index (κ1) is 12.7. The van der Waals surface area contributed by atoms with E-state index in [1.807, 2.05) is 0 Å². The number of nitrogens with zero attached hydrogens (tertiary/aromatic N) is 2. The van der Waals surface area contributed by atoms with E-state index >= 15 is 0 Å². The molecule has 0 spiro atoms. The number of hydrogen-bond donors (Lipinski definition) is 2. The predicted octanol–water partition coefficient (Wildman–Crippen LogP) is 2.47. The van der Waals surface area contributed by atoms with Crippen LogP contribution < -0.4 is 11.1 Å². The lowest BCUT2D eigenvalue weighted by Crippen LogP contribution is -2.09. The molecule has 0 bridgehead atoms. The van der Waals surface area contributed by atoms with E-state index in [-0.39, 0.29) is 0 Å². The molecule has 16 heavy (non-hydrogen) atoms. The summed E-state index contributed by atoms with van der Waals surface area (Å²) in [4.78, 5) is 8.61. The second-order valence-corrected chi connectivity index (χ2v) is 4.45. The average Bonchev–Trinajstić information content (AvgIpc) is 2.16. The molecular weight excluding hydrogens is 200 g/mol. The second-order valence-electron chi connectivity index (χ2n) is 4.45. The zero-order chi connectivity index (χ0) is 12.0. The second kappa shape index (κ2) is 6.30. The predicted molar refractivity (Wildman–Crippen MR) is 68.4 cm³/mol. The van der Waals surface area contributed by atoms with Gasteiger partial charge in [0.05, 0.1) is 0 Å². The lowest BCUT2D eigenvalue weighted by Gasteiger charge is -2.09. The molecule has 4 heteroatoms. The minimum Gasteiger partial charge on any atom is -0.384 e. The van der Waals surface area contributed by atoms with E-state index < -0.39 is 0 Å². The molecule has 1 rings (SSSR count). The molecule has 0 aliphatic heterocycles. The largest absolute Gasteiger partial charge is 0.384 e. The third-order valence-corrected chi connectivity index (χ3v) is 2.29. The summed E-state index contributed by atoms with van der Waals surface area (Å²) in [5, 5.41) is 3.28. The number of anilines is 2. The monoisotopic (exact) mass is 222 g/mol. The number of nitrogens with one attached hydrogen (secondary N) is 1. The van der Waals surface area contributed by atoms with Crippen LogP contribution in [0.5, 0.6) is 0 Å². The molecule has 0 saturated heterocycles. The van der Waals surface area contributed by atoms with Gasteiger partial charge in [-0.25, -0.2) is 9.97 Å².